The number of benzene rings is 1. The maximum atomic E-state index is 12.8. The Morgan fingerprint density at radius 1 is 1.42 bits per heavy atom. The molecule has 1 aromatic rings. The predicted octanol–water partition coefficient (Wildman–Crippen LogP) is 2.62. The van der Waals surface area contributed by atoms with Crippen LogP contribution in [0.15, 0.2) is 18.2 Å². The Balaban J connectivity index is 2.56. The molecule has 6 heteroatoms. The quantitative estimate of drug-likeness (QED) is 0.738. The minimum Gasteiger partial charge on any atom is -0.508 e. The van der Waals surface area contributed by atoms with Crippen molar-refractivity contribution in [3.05, 3.63) is 29.6 Å². The first kappa shape index (κ1) is 15.2. The van der Waals surface area contributed by atoms with E-state index in [-0.39, 0.29) is 5.75 Å². The summed E-state index contributed by atoms with van der Waals surface area (Å²) < 4.78 is 17.9. The van der Waals surface area contributed by atoms with Crippen molar-refractivity contribution in [2.45, 2.75) is 39.3 Å². The van der Waals surface area contributed by atoms with E-state index in [0.29, 0.717) is 5.56 Å². The molecule has 0 bridgehead atoms. The monoisotopic (exact) mass is 270 g/mol. The summed E-state index contributed by atoms with van der Waals surface area (Å²) in [7, 11) is 0. The number of amides is 1. The van der Waals surface area contributed by atoms with Gasteiger partial charge in [0.25, 0.3) is 0 Å². The third kappa shape index (κ3) is 5.13. The van der Waals surface area contributed by atoms with E-state index in [2.05, 4.69) is 10.9 Å². The van der Waals surface area contributed by atoms with Crippen LogP contribution in [0.5, 0.6) is 5.75 Å². The molecule has 3 N–H and O–H groups in total. The third-order valence-electron chi connectivity index (χ3n) is 2.25. The SMILES string of the molecule is CC(NNC(=O)OC(C)(C)C)c1ccc(F)cc1O. The second-order valence-corrected chi connectivity index (χ2v) is 5.20. The highest BCUT2D eigenvalue weighted by atomic mass is 19.1. The smallest absolute Gasteiger partial charge is 0.422 e. The van der Waals surface area contributed by atoms with Crippen LogP contribution in [0, 0.1) is 5.82 Å². The zero-order chi connectivity index (χ0) is 14.6. The molecule has 0 fully saturated rings. The van der Waals surface area contributed by atoms with Crippen LogP contribution in [0.1, 0.15) is 39.3 Å². The highest BCUT2D eigenvalue weighted by molar-refractivity contribution is 5.67. The second kappa shape index (κ2) is 5.88. The molecule has 0 aliphatic heterocycles. The maximum absolute atomic E-state index is 12.8. The van der Waals surface area contributed by atoms with Crippen molar-refractivity contribution in [3.63, 3.8) is 0 Å². The minimum absolute atomic E-state index is 0.175. The molecule has 1 amide bonds. The normalized spacial score (nSPS) is 12.9. The van der Waals surface area contributed by atoms with E-state index in [9.17, 15) is 14.3 Å². The van der Waals surface area contributed by atoms with E-state index in [1.807, 2.05) is 0 Å². The van der Waals surface area contributed by atoms with E-state index < -0.39 is 23.6 Å². The Morgan fingerprint density at radius 2 is 2.05 bits per heavy atom. The van der Waals surface area contributed by atoms with Gasteiger partial charge in [-0.15, -0.1) is 0 Å². The van der Waals surface area contributed by atoms with Gasteiger partial charge < -0.3 is 9.84 Å². The fourth-order valence-corrected chi connectivity index (χ4v) is 1.43. The van der Waals surface area contributed by atoms with E-state index >= 15 is 0 Å². The van der Waals surface area contributed by atoms with Crippen molar-refractivity contribution >= 4 is 6.09 Å². The first-order valence-corrected chi connectivity index (χ1v) is 5.92. The molecule has 0 aromatic heterocycles. The van der Waals surface area contributed by atoms with Gasteiger partial charge in [0.2, 0.25) is 0 Å². The van der Waals surface area contributed by atoms with Crippen LogP contribution in [0.3, 0.4) is 0 Å². The lowest BCUT2D eigenvalue weighted by atomic mass is 10.1. The fourth-order valence-electron chi connectivity index (χ4n) is 1.43. The van der Waals surface area contributed by atoms with E-state index in [4.69, 9.17) is 4.74 Å². The number of aromatic hydroxyl groups is 1. The number of hydrazine groups is 1. The minimum atomic E-state index is -0.624. The molecule has 0 saturated heterocycles. The van der Waals surface area contributed by atoms with Gasteiger partial charge in [0.05, 0.1) is 6.04 Å². The van der Waals surface area contributed by atoms with Crippen LogP contribution < -0.4 is 10.9 Å². The number of hydrogen-bond acceptors (Lipinski definition) is 4. The number of phenols is 1. The van der Waals surface area contributed by atoms with E-state index in [0.717, 1.165) is 6.07 Å². The van der Waals surface area contributed by atoms with Crippen LogP contribution in [0.25, 0.3) is 0 Å². The molecule has 1 atom stereocenters. The van der Waals surface area contributed by atoms with Crippen LogP contribution >= 0.6 is 0 Å². The largest absolute Gasteiger partial charge is 0.508 e. The topological polar surface area (TPSA) is 70.6 Å². The summed E-state index contributed by atoms with van der Waals surface area (Å²) in [5, 5.41) is 9.59. The van der Waals surface area contributed by atoms with Gasteiger partial charge in [-0.05, 0) is 33.8 Å². The highest BCUT2D eigenvalue weighted by Gasteiger charge is 2.17. The molecule has 0 spiro atoms. The molecular formula is C13H19FN2O3. The van der Waals surface area contributed by atoms with Gasteiger partial charge in [0.15, 0.2) is 0 Å². The van der Waals surface area contributed by atoms with Crippen LogP contribution in [0.4, 0.5) is 9.18 Å². The molecule has 0 saturated carbocycles. The van der Waals surface area contributed by atoms with Gasteiger partial charge in [-0.3, -0.25) is 5.43 Å². The number of carbonyl (C=O) groups excluding carboxylic acids is 1. The summed E-state index contributed by atoms with van der Waals surface area (Å²) in [6, 6.07) is 3.30. The summed E-state index contributed by atoms with van der Waals surface area (Å²) in [6.45, 7) is 6.97. The van der Waals surface area contributed by atoms with Crippen LogP contribution in [-0.4, -0.2) is 16.8 Å². The number of hydrogen-bond donors (Lipinski definition) is 3. The van der Waals surface area contributed by atoms with Gasteiger partial charge in [-0.25, -0.2) is 14.6 Å². The van der Waals surface area contributed by atoms with Crippen molar-refractivity contribution in [3.8, 4) is 5.75 Å². The highest BCUT2D eigenvalue weighted by Crippen LogP contribution is 2.24. The summed E-state index contributed by atoms with van der Waals surface area (Å²) in [5.74, 6) is -0.695. The first-order chi connectivity index (χ1) is 8.69. The molecule has 0 aliphatic carbocycles. The van der Waals surface area contributed by atoms with Crippen LogP contribution in [0.2, 0.25) is 0 Å². The van der Waals surface area contributed by atoms with Crippen molar-refractivity contribution in [2.75, 3.05) is 0 Å². The molecule has 106 valence electrons. The van der Waals surface area contributed by atoms with Gasteiger partial charge in [0, 0.05) is 11.6 Å². The average molecular weight is 270 g/mol. The zero-order valence-electron chi connectivity index (χ0n) is 11.5. The number of ether oxygens (including phenoxy) is 1. The lowest BCUT2D eigenvalue weighted by Crippen LogP contribution is -2.42. The summed E-state index contributed by atoms with van der Waals surface area (Å²) in [6.07, 6.45) is -0.624. The Bertz CT molecular complexity index is 458. The molecule has 5 nitrogen and oxygen atoms in total. The number of carbonyl (C=O) groups is 1. The van der Waals surface area contributed by atoms with Gasteiger partial charge in [0.1, 0.15) is 17.2 Å². The Hall–Kier alpha value is -1.82. The molecule has 0 heterocycles. The van der Waals surface area contributed by atoms with Gasteiger partial charge in [-0.2, -0.15) is 0 Å². The Labute approximate surface area is 111 Å². The summed E-state index contributed by atoms with van der Waals surface area (Å²) in [5.41, 5.74) is 4.92. The van der Waals surface area contributed by atoms with Crippen molar-refractivity contribution in [2.24, 2.45) is 0 Å². The first-order valence-electron chi connectivity index (χ1n) is 5.92. The van der Waals surface area contributed by atoms with Crippen molar-refractivity contribution < 1.29 is 19.0 Å². The summed E-state index contributed by atoms with van der Waals surface area (Å²) in [4.78, 5) is 11.4. The van der Waals surface area contributed by atoms with Gasteiger partial charge in [-0.1, -0.05) is 6.07 Å². The van der Waals surface area contributed by atoms with Crippen LogP contribution in [-0.2, 0) is 4.74 Å². The standard InChI is InChI=1S/C13H19FN2O3/c1-8(10-6-5-9(14)7-11(10)17)15-16-12(18)19-13(2,3)4/h5-8,15,17H,1-4H3,(H,16,18). The zero-order valence-corrected chi connectivity index (χ0v) is 11.5. The molecule has 1 rings (SSSR count). The average Bonchev–Trinajstić information content (AvgIpc) is 2.23. The Kier molecular flexibility index (Phi) is 4.72. The summed E-state index contributed by atoms with van der Waals surface area (Å²) >= 11 is 0. The van der Waals surface area contributed by atoms with Gasteiger partial charge >= 0.3 is 6.09 Å². The number of rotatable bonds is 3. The van der Waals surface area contributed by atoms with Crippen molar-refractivity contribution in [1.82, 2.24) is 10.9 Å². The molecular weight excluding hydrogens is 251 g/mol. The third-order valence-corrected chi connectivity index (χ3v) is 2.25. The molecule has 0 radical (unpaired) electrons. The van der Waals surface area contributed by atoms with Crippen molar-refractivity contribution in [1.29, 1.82) is 0 Å². The second-order valence-electron chi connectivity index (χ2n) is 5.20. The number of halogens is 1. The van der Waals surface area contributed by atoms with E-state index in [1.54, 1.807) is 27.7 Å². The van der Waals surface area contributed by atoms with E-state index in [1.165, 1.54) is 12.1 Å². The molecule has 1 unspecified atom stereocenters. The number of phenolic OH excluding ortho intramolecular Hbond substituents is 1. The predicted molar refractivity (Wildman–Crippen MR) is 69.0 cm³/mol. The lowest BCUT2D eigenvalue weighted by molar-refractivity contribution is 0.0489. The Morgan fingerprint density at radius 3 is 2.58 bits per heavy atom. The molecule has 0 aliphatic rings. The molecule has 1 aromatic carbocycles. The fraction of sp³-hybridized carbons (Fsp3) is 0.462. The maximum Gasteiger partial charge on any atom is 0.422 e. The molecule has 19 heavy (non-hydrogen) atoms. The lowest BCUT2D eigenvalue weighted by Gasteiger charge is -2.21. The number of nitrogens with one attached hydrogen (secondary N) is 2.